The van der Waals surface area contributed by atoms with Crippen molar-refractivity contribution in [1.29, 1.82) is 0 Å². The standard InChI is InChI=1S/C14H17NO5S2/c1-2-22(19,20)11-5-3-10(4-6-11)12(16)15-14(13(17)18)7-8-21-9-14/h3-6H,2,7-9H2,1H3,(H,15,16)(H,17,18). The molecule has 6 nitrogen and oxygen atoms in total. The third-order valence-corrected chi connectivity index (χ3v) is 6.58. The van der Waals surface area contributed by atoms with Crippen molar-refractivity contribution >= 4 is 33.5 Å². The number of benzene rings is 1. The number of carbonyl (C=O) groups is 2. The summed E-state index contributed by atoms with van der Waals surface area (Å²) in [6.45, 7) is 1.55. The molecule has 1 fully saturated rings. The van der Waals surface area contributed by atoms with E-state index in [-0.39, 0.29) is 16.2 Å². The minimum atomic E-state index is -3.32. The zero-order chi connectivity index (χ0) is 16.4. The molecule has 120 valence electrons. The fraction of sp³-hybridized carbons (Fsp3) is 0.429. The van der Waals surface area contributed by atoms with Gasteiger partial charge in [0.15, 0.2) is 9.84 Å². The number of aliphatic carboxylic acids is 1. The summed E-state index contributed by atoms with van der Waals surface area (Å²) in [5.41, 5.74) is -0.997. The molecule has 1 amide bonds. The van der Waals surface area contributed by atoms with Crippen LogP contribution < -0.4 is 5.32 Å². The van der Waals surface area contributed by atoms with Gasteiger partial charge in [0.1, 0.15) is 5.54 Å². The molecule has 1 aliphatic rings. The number of carboxylic acids is 1. The normalized spacial score (nSPS) is 21.5. The summed E-state index contributed by atoms with van der Waals surface area (Å²) in [6.07, 6.45) is 0.376. The van der Waals surface area contributed by atoms with Crippen molar-refractivity contribution in [3.8, 4) is 0 Å². The van der Waals surface area contributed by atoms with Gasteiger partial charge < -0.3 is 10.4 Å². The molecule has 1 aliphatic heterocycles. The number of carboxylic acid groups (broad SMARTS) is 1. The molecule has 0 saturated carbocycles. The summed E-state index contributed by atoms with van der Waals surface area (Å²) in [5, 5.41) is 11.9. The first-order valence-electron chi connectivity index (χ1n) is 6.77. The minimum absolute atomic E-state index is 0.0160. The summed E-state index contributed by atoms with van der Waals surface area (Å²) >= 11 is 1.48. The van der Waals surface area contributed by atoms with E-state index >= 15 is 0 Å². The van der Waals surface area contributed by atoms with Crippen LogP contribution in [0.15, 0.2) is 29.2 Å². The number of sulfone groups is 1. The molecule has 0 radical (unpaired) electrons. The van der Waals surface area contributed by atoms with E-state index in [1.807, 2.05) is 0 Å². The number of amides is 1. The van der Waals surface area contributed by atoms with Gasteiger partial charge in [-0.05, 0) is 36.4 Å². The van der Waals surface area contributed by atoms with Crippen molar-refractivity contribution < 1.29 is 23.1 Å². The Morgan fingerprint density at radius 2 is 1.95 bits per heavy atom. The summed E-state index contributed by atoms with van der Waals surface area (Å²) in [5.74, 6) is -0.560. The Morgan fingerprint density at radius 1 is 1.32 bits per heavy atom. The van der Waals surface area contributed by atoms with E-state index in [4.69, 9.17) is 0 Å². The van der Waals surface area contributed by atoms with Gasteiger partial charge in [-0.2, -0.15) is 11.8 Å². The van der Waals surface area contributed by atoms with Crippen LogP contribution in [0.3, 0.4) is 0 Å². The Balaban J connectivity index is 2.18. The van der Waals surface area contributed by atoms with Gasteiger partial charge in [-0.25, -0.2) is 13.2 Å². The van der Waals surface area contributed by atoms with E-state index in [1.54, 1.807) is 6.92 Å². The lowest BCUT2D eigenvalue weighted by Gasteiger charge is -2.24. The van der Waals surface area contributed by atoms with Gasteiger partial charge in [-0.1, -0.05) is 6.92 Å². The molecule has 0 bridgehead atoms. The molecule has 0 aromatic heterocycles. The highest BCUT2D eigenvalue weighted by atomic mass is 32.2. The SMILES string of the molecule is CCS(=O)(=O)c1ccc(C(=O)NC2(C(=O)O)CCSC2)cc1. The monoisotopic (exact) mass is 343 g/mol. The van der Waals surface area contributed by atoms with Gasteiger partial charge in [-0.15, -0.1) is 0 Å². The van der Waals surface area contributed by atoms with Crippen molar-refractivity contribution in [2.24, 2.45) is 0 Å². The highest BCUT2D eigenvalue weighted by Crippen LogP contribution is 2.28. The molecule has 2 N–H and O–H groups in total. The molecule has 22 heavy (non-hydrogen) atoms. The number of hydrogen-bond donors (Lipinski definition) is 2. The van der Waals surface area contributed by atoms with E-state index in [9.17, 15) is 23.1 Å². The molecule has 1 heterocycles. The van der Waals surface area contributed by atoms with Crippen LogP contribution in [0.2, 0.25) is 0 Å². The third-order valence-electron chi connectivity index (χ3n) is 3.64. The van der Waals surface area contributed by atoms with Crippen molar-refractivity contribution in [3.63, 3.8) is 0 Å². The summed E-state index contributed by atoms with van der Waals surface area (Å²) < 4.78 is 23.4. The lowest BCUT2D eigenvalue weighted by Crippen LogP contribution is -2.54. The summed E-state index contributed by atoms with van der Waals surface area (Å²) in [6, 6.07) is 5.53. The average molecular weight is 343 g/mol. The number of nitrogens with one attached hydrogen (secondary N) is 1. The highest BCUT2D eigenvalue weighted by molar-refractivity contribution is 7.99. The average Bonchev–Trinajstić information content (AvgIpc) is 2.97. The van der Waals surface area contributed by atoms with Crippen molar-refractivity contribution in [1.82, 2.24) is 5.32 Å². The Kier molecular flexibility index (Phi) is 4.81. The van der Waals surface area contributed by atoms with Crippen molar-refractivity contribution in [3.05, 3.63) is 29.8 Å². The Labute approximate surface area is 133 Å². The van der Waals surface area contributed by atoms with Crippen LogP contribution in [0.1, 0.15) is 23.7 Å². The predicted octanol–water partition coefficient (Wildman–Crippen LogP) is 1.17. The zero-order valence-corrected chi connectivity index (χ0v) is 13.7. The van der Waals surface area contributed by atoms with Crippen LogP contribution >= 0.6 is 11.8 Å². The third kappa shape index (κ3) is 3.27. The van der Waals surface area contributed by atoms with Gasteiger partial charge in [0, 0.05) is 11.3 Å². The highest BCUT2D eigenvalue weighted by Gasteiger charge is 2.43. The molecular formula is C14H17NO5S2. The summed E-state index contributed by atoms with van der Waals surface area (Å²) in [7, 11) is -3.32. The predicted molar refractivity (Wildman–Crippen MR) is 83.9 cm³/mol. The second-order valence-corrected chi connectivity index (χ2v) is 8.46. The van der Waals surface area contributed by atoms with E-state index < -0.39 is 27.3 Å². The topological polar surface area (TPSA) is 101 Å². The van der Waals surface area contributed by atoms with Crippen molar-refractivity contribution in [2.45, 2.75) is 23.8 Å². The molecule has 0 aliphatic carbocycles. The first-order chi connectivity index (χ1) is 10.3. The van der Waals surface area contributed by atoms with E-state index in [0.717, 1.165) is 0 Å². The lowest BCUT2D eigenvalue weighted by atomic mass is 9.98. The Morgan fingerprint density at radius 3 is 2.41 bits per heavy atom. The molecule has 8 heteroatoms. The van der Waals surface area contributed by atoms with Crippen molar-refractivity contribution in [2.75, 3.05) is 17.3 Å². The molecular weight excluding hydrogens is 326 g/mol. The largest absolute Gasteiger partial charge is 0.479 e. The molecule has 1 atom stereocenters. The molecule has 1 saturated heterocycles. The zero-order valence-electron chi connectivity index (χ0n) is 12.0. The van der Waals surface area contributed by atoms with Crippen LogP contribution in [0.4, 0.5) is 0 Å². The first-order valence-corrected chi connectivity index (χ1v) is 9.58. The van der Waals surface area contributed by atoms with Crippen LogP contribution in [0, 0.1) is 0 Å². The molecule has 2 rings (SSSR count). The fourth-order valence-electron chi connectivity index (χ4n) is 2.16. The number of thioether (sulfide) groups is 1. The van der Waals surface area contributed by atoms with Crippen LogP contribution in [0.5, 0.6) is 0 Å². The van der Waals surface area contributed by atoms with E-state index in [1.165, 1.54) is 36.0 Å². The molecule has 1 unspecified atom stereocenters. The number of carbonyl (C=O) groups excluding carboxylic acids is 1. The maximum Gasteiger partial charge on any atom is 0.330 e. The van der Waals surface area contributed by atoms with Gasteiger partial charge in [0.25, 0.3) is 5.91 Å². The first kappa shape index (κ1) is 16.8. The Bertz CT molecular complexity index is 676. The van der Waals surface area contributed by atoms with Crippen LogP contribution in [-0.2, 0) is 14.6 Å². The van der Waals surface area contributed by atoms with Crippen LogP contribution in [-0.4, -0.2) is 48.2 Å². The minimum Gasteiger partial charge on any atom is -0.479 e. The maximum atomic E-state index is 12.2. The second kappa shape index (κ2) is 6.29. The quantitative estimate of drug-likeness (QED) is 0.832. The summed E-state index contributed by atoms with van der Waals surface area (Å²) in [4.78, 5) is 23.8. The van der Waals surface area contributed by atoms with Crippen LogP contribution in [0.25, 0.3) is 0 Å². The Hall–Kier alpha value is -1.54. The molecule has 1 aromatic rings. The fourth-order valence-corrected chi connectivity index (χ4v) is 4.37. The van der Waals surface area contributed by atoms with Gasteiger partial charge in [0.2, 0.25) is 0 Å². The second-order valence-electron chi connectivity index (χ2n) is 5.07. The smallest absolute Gasteiger partial charge is 0.330 e. The maximum absolute atomic E-state index is 12.2. The number of rotatable bonds is 5. The number of hydrogen-bond acceptors (Lipinski definition) is 5. The van der Waals surface area contributed by atoms with Gasteiger partial charge >= 0.3 is 5.97 Å². The van der Waals surface area contributed by atoms with Gasteiger partial charge in [-0.3, -0.25) is 4.79 Å². The van der Waals surface area contributed by atoms with E-state index in [0.29, 0.717) is 17.9 Å². The molecule has 1 aromatic carbocycles. The lowest BCUT2D eigenvalue weighted by molar-refractivity contribution is -0.143. The molecule has 0 spiro atoms. The van der Waals surface area contributed by atoms with Gasteiger partial charge in [0.05, 0.1) is 10.6 Å². The van der Waals surface area contributed by atoms with E-state index in [2.05, 4.69) is 5.32 Å².